The SMILES string of the molecule is ClCCl.Cn1cccc1. The zero-order chi connectivity index (χ0) is 7.11. The Morgan fingerprint density at radius 2 is 1.56 bits per heavy atom. The molecule has 3 heteroatoms. The molecule has 0 fully saturated rings. The highest BCUT2D eigenvalue weighted by molar-refractivity contribution is 6.40. The fourth-order valence-electron chi connectivity index (χ4n) is 0.421. The molecule has 1 rings (SSSR count). The Morgan fingerprint density at radius 3 is 1.67 bits per heavy atom. The van der Waals surface area contributed by atoms with Crippen LogP contribution in [0.3, 0.4) is 0 Å². The molecule has 9 heavy (non-hydrogen) atoms. The first-order valence-electron chi connectivity index (χ1n) is 2.50. The van der Waals surface area contributed by atoms with E-state index >= 15 is 0 Å². The highest BCUT2D eigenvalue weighted by atomic mass is 35.5. The number of rotatable bonds is 0. The Bertz CT molecular complexity index is 126. The highest BCUT2D eigenvalue weighted by Gasteiger charge is 1.68. The van der Waals surface area contributed by atoms with Gasteiger partial charge >= 0.3 is 0 Å². The van der Waals surface area contributed by atoms with Crippen molar-refractivity contribution in [3.63, 3.8) is 0 Å². The van der Waals surface area contributed by atoms with Gasteiger partial charge in [-0.15, -0.1) is 23.2 Å². The summed E-state index contributed by atoms with van der Waals surface area (Å²) in [7, 11) is 2.00. The van der Waals surface area contributed by atoms with Crippen LogP contribution in [0, 0.1) is 0 Å². The molecule has 0 aliphatic rings. The smallest absolute Gasteiger partial charge is 0.0967 e. The second-order valence-corrected chi connectivity index (χ2v) is 2.26. The number of nitrogens with zero attached hydrogens (tertiary/aromatic N) is 1. The van der Waals surface area contributed by atoms with Gasteiger partial charge < -0.3 is 4.57 Å². The lowest BCUT2D eigenvalue weighted by Gasteiger charge is -1.79. The van der Waals surface area contributed by atoms with E-state index in [1.165, 1.54) is 0 Å². The van der Waals surface area contributed by atoms with E-state index in [1.807, 2.05) is 36.1 Å². The van der Waals surface area contributed by atoms with Crippen molar-refractivity contribution in [2.24, 2.45) is 7.05 Å². The normalized spacial score (nSPS) is 7.89. The van der Waals surface area contributed by atoms with Gasteiger partial charge in [-0.25, -0.2) is 0 Å². The van der Waals surface area contributed by atoms with Crippen LogP contribution in [0.4, 0.5) is 0 Å². The Balaban J connectivity index is 0.000000187. The van der Waals surface area contributed by atoms with Crippen molar-refractivity contribution in [2.45, 2.75) is 0 Å². The number of aromatic nitrogens is 1. The standard InChI is InChI=1S/C5H7N.CH2Cl2/c1-6-4-2-3-5-6;2-1-3/h2-5H,1H3;1H2. The first-order valence-corrected chi connectivity index (χ1v) is 3.57. The number of hydrogen-bond donors (Lipinski definition) is 0. The molecule has 0 saturated carbocycles. The van der Waals surface area contributed by atoms with E-state index in [0.717, 1.165) is 0 Å². The van der Waals surface area contributed by atoms with E-state index in [4.69, 9.17) is 23.2 Å². The quantitative estimate of drug-likeness (QED) is 0.521. The summed E-state index contributed by atoms with van der Waals surface area (Å²) in [5, 5.41) is 0.194. The van der Waals surface area contributed by atoms with Crippen molar-refractivity contribution < 1.29 is 0 Å². The maximum Gasteiger partial charge on any atom is 0.0967 e. The van der Waals surface area contributed by atoms with Crippen molar-refractivity contribution in [3.05, 3.63) is 24.5 Å². The van der Waals surface area contributed by atoms with Gasteiger partial charge in [-0.05, 0) is 12.1 Å². The zero-order valence-electron chi connectivity index (χ0n) is 5.22. The Morgan fingerprint density at radius 1 is 1.22 bits per heavy atom. The third-order valence-corrected chi connectivity index (χ3v) is 0.754. The van der Waals surface area contributed by atoms with Gasteiger partial charge in [0.15, 0.2) is 0 Å². The van der Waals surface area contributed by atoms with Gasteiger partial charge in [-0.3, -0.25) is 0 Å². The summed E-state index contributed by atoms with van der Waals surface area (Å²) in [4.78, 5) is 0. The van der Waals surface area contributed by atoms with E-state index in [2.05, 4.69) is 0 Å². The molecule has 0 aliphatic carbocycles. The second kappa shape index (κ2) is 5.99. The van der Waals surface area contributed by atoms with Gasteiger partial charge in [-0.2, -0.15) is 0 Å². The minimum atomic E-state index is 0.194. The van der Waals surface area contributed by atoms with Gasteiger partial charge in [-0.1, -0.05) is 0 Å². The maximum absolute atomic E-state index is 4.76. The molecule has 0 aromatic carbocycles. The number of halogens is 2. The molecule has 0 atom stereocenters. The fourth-order valence-corrected chi connectivity index (χ4v) is 0.421. The first-order chi connectivity index (χ1) is 4.31. The van der Waals surface area contributed by atoms with Gasteiger partial charge in [0.2, 0.25) is 0 Å². The van der Waals surface area contributed by atoms with Crippen molar-refractivity contribution in [1.29, 1.82) is 0 Å². The van der Waals surface area contributed by atoms with Crippen LogP contribution < -0.4 is 0 Å². The summed E-state index contributed by atoms with van der Waals surface area (Å²) in [6, 6.07) is 4.00. The summed E-state index contributed by atoms with van der Waals surface area (Å²) in [6.45, 7) is 0. The van der Waals surface area contributed by atoms with Crippen LogP contribution in [-0.4, -0.2) is 9.91 Å². The van der Waals surface area contributed by atoms with Crippen molar-refractivity contribution >= 4 is 23.2 Å². The molecule has 0 spiro atoms. The molecule has 0 N–H and O–H groups in total. The number of aryl methyl sites for hydroxylation is 1. The predicted molar refractivity (Wildman–Crippen MR) is 42.0 cm³/mol. The monoisotopic (exact) mass is 165 g/mol. The summed E-state index contributed by atoms with van der Waals surface area (Å²) < 4.78 is 2.00. The Kier molecular flexibility index (Phi) is 5.89. The molecule has 0 aliphatic heterocycles. The van der Waals surface area contributed by atoms with E-state index in [0.29, 0.717) is 0 Å². The van der Waals surface area contributed by atoms with Crippen LogP contribution in [0.15, 0.2) is 24.5 Å². The summed E-state index contributed by atoms with van der Waals surface area (Å²) in [5.41, 5.74) is 0. The topological polar surface area (TPSA) is 4.93 Å². The van der Waals surface area contributed by atoms with E-state index < -0.39 is 0 Å². The third-order valence-electron chi connectivity index (χ3n) is 0.754. The molecule has 52 valence electrons. The van der Waals surface area contributed by atoms with Crippen LogP contribution in [0.5, 0.6) is 0 Å². The fraction of sp³-hybridized carbons (Fsp3) is 0.333. The van der Waals surface area contributed by atoms with Crippen molar-refractivity contribution in [3.8, 4) is 0 Å². The van der Waals surface area contributed by atoms with E-state index in [-0.39, 0.29) is 5.34 Å². The Hall–Kier alpha value is -0.140. The molecule has 1 aromatic rings. The van der Waals surface area contributed by atoms with Gasteiger partial charge in [0.25, 0.3) is 0 Å². The molecule has 0 bridgehead atoms. The molecule has 0 radical (unpaired) electrons. The third kappa shape index (κ3) is 5.74. The van der Waals surface area contributed by atoms with Crippen LogP contribution >= 0.6 is 23.2 Å². The first kappa shape index (κ1) is 8.86. The van der Waals surface area contributed by atoms with Gasteiger partial charge in [0, 0.05) is 19.4 Å². The lowest BCUT2D eigenvalue weighted by Crippen LogP contribution is -1.75. The minimum absolute atomic E-state index is 0.194. The summed E-state index contributed by atoms with van der Waals surface area (Å²) in [5.74, 6) is 0. The highest BCUT2D eigenvalue weighted by Crippen LogP contribution is 1.80. The number of alkyl halides is 2. The largest absolute Gasteiger partial charge is 0.357 e. The molecule has 0 unspecified atom stereocenters. The molecule has 1 aromatic heterocycles. The molecule has 0 saturated heterocycles. The minimum Gasteiger partial charge on any atom is -0.357 e. The maximum atomic E-state index is 4.76. The lowest BCUT2D eigenvalue weighted by molar-refractivity contribution is 0.928. The lowest BCUT2D eigenvalue weighted by atomic mass is 10.7. The number of hydrogen-bond acceptors (Lipinski definition) is 0. The molecular weight excluding hydrogens is 157 g/mol. The average molecular weight is 166 g/mol. The van der Waals surface area contributed by atoms with E-state index in [1.54, 1.807) is 0 Å². The zero-order valence-corrected chi connectivity index (χ0v) is 6.73. The molecule has 1 nitrogen and oxygen atoms in total. The van der Waals surface area contributed by atoms with E-state index in [9.17, 15) is 0 Å². The average Bonchev–Trinajstić information content (AvgIpc) is 2.20. The molecule has 0 amide bonds. The summed E-state index contributed by atoms with van der Waals surface area (Å²) >= 11 is 9.53. The van der Waals surface area contributed by atoms with Gasteiger partial charge in [0.05, 0.1) is 5.34 Å². The molecular formula is C6H9Cl2N. The Labute approximate surface area is 65.2 Å². The van der Waals surface area contributed by atoms with Crippen molar-refractivity contribution in [2.75, 3.05) is 5.34 Å². The predicted octanol–water partition coefficient (Wildman–Crippen LogP) is 2.45. The van der Waals surface area contributed by atoms with Crippen LogP contribution in [-0.2, 0) is 7.05 Å². The van der Waals surface area contributed by atoms with Gasteiger partial charge in [0.1, 0.15) is 0 Å². The summed E-state index contributed by atoms with van der Waals surface area (Å²) in [6.07, 6.45) is 4.00. The van der Waals surface area contributed by atoms with Crippen molar-refractivity contribution in [1.82, 2.24) is 4.57 Å². The second-order valence-electron chi connectivity index (χ2n) is 1.45. The van der Waals surface area contributed by atoms with Crippen LogP contribution in [0.2, 0.25) is 0 Å². The molecule has 1 heterocycles. The van der Waals surface area contributed by atoms with Crippen LogP contribution in [0.1, 0.15) is 0 Å². The van der Waals surface area contributed by atoms with Crippen LogP contribution in [0.25, 0.3) is 0 Å².